The summed E-state index contributed by atoms with van der Waals surface area (Å²) < 4.78 is 5.12. The molecule has 98 valence electrons. The van der Waals surface area contributed by atoms with E-state index >= 15 is 0 Å². The van der Waals surface area contributed by atoms with Crippen molar-refractivity contribution in [3.05, 3.63) is 23.8 Å². The SMILES string of the molecule is COCCN(CC(C)C)c1cccc(C#N)c1N. The molecule has 0 amide bonds. The molecule has 0 heterocycles. The lowest BCUT2D eigenvalue weighted by Crippen LogP contribution is -2.31. The van der Waals surface area contributed by atoms with E-state index in [1.165, 1.54) is 0 Å². The molecule has 0 aliphatic carbocycles. The van der Waals surface area contributed by atoms with Gasteiger partial charge in [0, 0.05) is 20.2 Å². The quantitative estimate of drug-likeness (QED) is 0.783. The van der Waals surface area contributed by atoms with Crippen molar-refractivity contribution >= 4 is 11.4 Å². The first kappa shape index (κ1) is 14.3. The molecule has 0 bridgehead atoms. The van der Waals surface area contributed by atoms with Gasteiger partial charge in [0.15, 0.2) is 0 Å². The number of nitriles is 1. The molecule has 0 radical (unpaired) electrons. The van der Waals surface area contributed by atoms with E-state index in [2.05, 4.69) is 24.8 Å². The number of rotatable bonds is 6. The number of para-hydroxylation sites is 1. The maximum Gasteiger partial charge on any atom is 0.101 e. The second-order valence-corrected chi connectivity index (χ2v) is 4.68. The van der Waals surface area contributed by atoms with E-state index in [9.17, 15) is 0 Å². The number of nitrogen functional groups attached to an aromatic ring is 1. The standard InChI is InChI=1S/C14H21N3O/c1-11(2)10-17(7-8-18-3)13-6-4-5-12(9-15)14(13)16/h4-6,11H,7-8,10,16H2,1-3H3. The van der Waals surface area contributed by atoms with Crippen LogP contribution in [0, 0.1) is 17.2 Å². The van der Waals surface area contributed by atoms with E-state index in [1.807, 2.05) is 12.1 Å². The molecular formula is C14H21N3O. The largest absolute Gasteiger partial charge is 0.396 e. The third-order valence-electron chi connectivity index (χ3n) is 2.70. The molecular weight excluding hydrogens is 226 g/mol. The molecule has 4 heteroatoms. The molecule has 0 aliphatic heterocycles. The Morgan fingerprint density at radius 1 is 1.44 bits per heavy atom. The normalized spacial score (nSPS) is 10.4. The zero-order valence-electron chi connectivity index (χ0n) is 11.3. The van der Waals surface area contributed by atoms with Crippen LogP contribution in [0.2, 0.25) is 0 Å². The number of methoxy groups -OCH3 is 1. The van der Waals surface area contributed by atoms with Crippen LogP contribution in [-0.2, 0) is 4.74 Å². The van der Waals surface area contributed by atoms with Crippen molar-refractivity contribution in [1.82, 2.24) is 0 Å². The minimum Gasteiger partial charge on any atom is -0.396 e. The molecule has 0 saturated carbocycles. The van der Waals surface area contributed by atoms with Crippen LogP contribution in [-0.4, -0.2) is 26.8 Å². The monoisotopic (exact) mass is 247 g/mol. The molecule has 0 atom stereocenters. The van der Waals surface area contributed by atoms with E-state index in [0.29, 0.717) is 23.8 Å². The van der Waals surface area contributed by atoms with Gasteiger partial charge in [-0.25, -0.2) is 0 Å². The number of hydrogen-bond donors (Lipinski definition) is 1. The first-order valence-electron chi connectivity index (χ1n) is 6.12. The summed E-state index contributed by atoms with van der Waals surface area (Å²) in [5.74, 6) is 0.520. The van der Waals surface area contributed by atoms with Crippen LogP contribution in [0.25, 0.3) is 0 Å². The summed E-state index contributed by atoms with van der Waals surface area (Å²) in [4.78, 5) is 2.17. The average Bonchev–Trinajstić information content (AvgIpc) is 2.34. The number of ether oxygens (including phenoxy) is 1. The number of nitrogens with zero attached hydrogens (tertiary/aromatic N) is 2. The van der Waals surface area contributed by atoms with Gasteiger partial charge in [0.05, 0.1) is 23.5 Å². The highest BCUT2D eigenvalue weighted by Crippen LogP contribution is 2.26. The summed E-state index contributed by atoms with van der Waals surface area (Å²) in [7, 11) is 1.68. The fraction of sp³-hybridized carbons (Fsp3) is 0.500. The van der Waals surface area contributed by atoms with Gasteiger partial charge in [0.25, 0.3) is 0 Å². The Bertz CT molecular complexity index is 424. The average molecular weight is 247 g/mol. The summed E-state index contributed by atoms with van der Waals surface area (Å²) in [6, 6.07) is 7.67. The van der Waals surface area contributed by atoms with E-state index < -0.39 is 0 Å². The first-order valence-corrected chi connectivity index (χ1v) is 6.12. The molecule has 1 aromatic rings. The smallest absolute Gasteiger partial charge is 0.101 e. The van der Waals surface area contributed by atoms with Crippen LogP contribution in [0.3, 0.4) is 0 Å². The predicted molar refractivity (Wildman–Crippen MR) is 74.5 cm³/mol. The zero-order chi connectivity index (χ0) is 13.5. The van der Waals surface area contributed by atoms with Crippen molar-refractivity contribution in [3.63, 3.8) is 0 Å². The van der Waals surface area contributed by atoms with E-state index in [0.717, 1.165) is 18.8 Å². The molecule has 18 heavy (non-hydrogen) atoms. The highest BCUT2D eigenvalue weighted by Gasteiger charge is 2.13. The van der Waals surface area contributed by atoms with Crippen LogP contribution in [0.15, 0.2) is 18.2 Å². The van der Waals surface area contributed by atoms with Crippen LogP contribution < -0.4 is 10.6 Å². The van der Waals surface area contributed by atoms with Gasteiger partial charge >= 0.3 is 0 Å². The number of benzene rings is 1. The Balaban J connectivity index is 3.00. The van der Waals surface area contributed by atoms with E-state index in [4.69, 9.17) is 15.7 Å². The van der Waals surface area contributed by atoms with Crippen molar-refractivity contribution < 1.29 is 4.74 Å². The van der Waals surface area contributed by atoms with Gasteiger partial charge < -0.3 is 15.4 Å². The molecule has 0 saturated heterocycles. The maximum atomic E-state index is 9.01. The fourth-order valence-electron chi connectivity index (χ4n) is 1.88. The summed E-state index contributed by atoms with van der Waals surface area (Å²) in [6.07, 6.45) is 0. The Morgan fingerprint density at radius 3 is 2.72 bits per heavy atom. The second kappa shape index (κ2) is 6.87. The lowest BCUT2D eigenvalue weighted by Gasteiger charge is -2.27. The molecule has 0 spiro atoms. The topological polar surface area (TPSA) is 62.3 Å². The third-order valence-corrected chi connectivity index (χ3v) is 2.70. The molecule has 0 fully saturated rings. The Hall–Kier alpha value is -1.73. The Morgan fingerprint density at radius 2 is 2.17 bits per heavy atom. The van der Waals surface area contributed by atoms with Crippen molar-refractivity contribution in [2.75, 3.05) is 37.4 Å². The van der Waals surface area contributed by atoms with Crippen molar-refractivity contribution in [1.29, 1.82) is 5.26 Å². The van der Waals surface area contributed by atoms with Gasteiger partial charge in [-0.2, -0.15) is 5.26 Å². The first-order chi connectivity index (χ1) is 8.60. The van der Waals surface area contributed by atoms with Gasteiger partial charge in [-0.1, -0.05) is 19.9 Å². The summed E-state index contributed by atoms with van der Waals surface area (Å²) in [5.41, 5.74) is 8.03. The molecule has 1 aromatic carbocycles. The van der Waals surface area contributed by atoms with Crippen LogP contribution in [0.1, 0.15) is 19.4 Å². The summed E-state index contributed by atoms with van der Waals surface area (Å²) >= 11 is 0. The highest BCUT2D eigenvalue weighted by atomic mass is 16.5. The lowest BCUT2D eigenvalue weighted by atomic mass is 10.1. The molecule has 0 unspecified atom stereocenters. The number of hydrogen-bond acceptors (Lipinski definition) is 4. The maximum absolute atomic E-state index is 9.01. The molecule has 0 aromatic heterocycles. The van der Waals surface area contributed by atoms with Crippen molar-refractivity contribution in [2.24, 2.45) is 5.92 Å². The van der Waals surface area contributed by atoms with E-state index in [-0.39, 0.29) is 0 Å². The minimum absolute atomic E-state index is 0.520. The van der Waals surface area contributed by atoms with Gasteiger partial charge in [0.2, 0.25) is 0 Å². The molecule has 2 N–H and O–H groups in total. The van der Waals surface area contributed by atoms with Crippen LogP contribution in [0.5, 0.6) is 0 Å². The lowest BCUT2D eigenvalue weighted by molar-refractivity contribution is 0.204. The molecule has 4 nitrogen and oxygen atoms in total. The van der Waals surface area contributed by atoms with Gasteiger partial charge in [-0.15, -0.1) is 0 Å². The molecule has 0 aliphatic rings. The highest BCUT2D eigenvalue weighted by molar-refractivity contribution is 5.74. The van der Waals surface area contributed by atoms with Gasteiger partial charge in [-0.3, -0.25) is 0 Å². The zero-order valence-corrected chi connectivity index (χ0v) is 11.3. The third kappa shape index (κ3) is 3.64. The van der Waals surface area contributed by atoms with Gasteiger partial charge in [-0.05, 0) is 18.1 Å². The number of anilines is 2. The van der Waals surface area contributed by atoms with E-state index in [1.54, 1.807) is 13.2 Å². The second-order valence-electron chi connectivity index (χ2n) is 4.68. The Kier molecular flexibility index (Phi) is 5.47. The van der Waals surface area contributed by atoms with Gasteiger partial charge in [0.1, 0.15) is 6.07 Å². The summed E-state index contributed by atoms with van der Waals surface area (Å²) in [5, 5.41) is 9.01. The Labute approximate surface area is 109 Å². The van der Waals surface area contributed by atoms with Crippen LogP contribution in [0.4, 0.5) is 11.4 Å². The van der Waals surface area contributed by atoms with Crippen molar-refractivity contribution in [2.45, 2.75) is 13.8 Å². The minimum atomic E-state index is 0.520. The summed E-state index contributed by atoms with van der Waals surface area (Å²) in [6.45, 7) is 6.62. The number of nitrogens with two attached hydrogens (primary N) is 1. The fourth-order valence-corrected chi connectivity index (χ4v) is 1.88. The molecule has 1 rings (SSSR count). The van der Waals surface area contributed by atoms with Crippen LogP contribution >= 0.6 is 0 Å². The predicted octanol–water partition coefficient (Wildman–Crippen LogP) is 2.25. The van der Waals surface area contributed by atoms with Crippen molar-refractivity contribution in [3.8, 4) is 6.07 Å².